The molecule has 3 rings (SSSR count). The van der Waals surface area contributed by atoms with Crippen LogP contribution in [0.4, 0.5) is 0 Å². The number of ether oxygens (including phenoxy) is 2. The molecule has 0 saturated carbocycles. The van der Waals surface area contributed by atoms with Crippen LogP contribution in [0.2, 0.25) is 5.02 Å². The fraction of sp³-hybridized carbons (Fsp3) is 0.105. The number of primary amides is 1. The SMILES string of the molecule is NC(=O)COc1ccc(C(=O)OCc2csc(-c3ccccc3Cl)n2)cc1. The number of rotatable bonds is 7. The Morgan fingerprint density at radius 2 is 1.85 bits per heavy atom. The number of carbonyl (C=O) groups excluding carboxylic acids is 2. The molecule has 1 heterocycles. The lowest BCUT2D eigenvalue weighted by molar-refractivity contribution is -0.119. The summed E-state index contributed by atoms with van der Waals surface area (Å²) in [6.07, 6.45) is 0. The third-order valence-corrected chi connectivity index (χ3v) is 4.73. The van der Waals surface area contributed by atoms with Crippen LogP contribution >= 0.6 is 22.9 Å². The van der Waals surface area contributed by atoms with Crippen molar-refractivity contribution in [1.29, 1.82) is 0 Å². The van der Waals surface area contributed by atoms with Crippen LogP contribution in [0.15, 0.2) is 53.9 Å². The van der Waals surface area contributed by atoms with Crippen molar-refractivity contribution in [2.45, 2.75) is 6.61 Å². The van der Waals surface area contributed by atoms with Crippen LogP contribution in [0, 0.1) is 0 Å². The highest BCUT2D eigenvalue weighted by Crippen LogP contribution is 2.30. The number of amides is 1. The van der Waals surface area contributed by atoms with E-state index in [0.29, 0.717) is 22.0 Å². The van der Waals surface area contributed by atoms with Gasteiger partial charge in [-0.05, 0) is 30.3 Å². The van der Waals surface area contributed by atoms with Gasteiger partial charge in [-0.15, -0.1) is 11.3 Å². The second-order valence-corrected chi connectivity index (χ2v) is 6.74. The predicted molar refractivity (Wildman–Crippen MR) is 103 cm³/mol. The number of nitrogens with two attached hydrogens (primary N) is 1. The summed E-state index contributed by atoms with van der Waals surface area (Å²) >= 11 is 7.61. The minimum Gasteiger partial charge on any atom is -0.484 e. The second kappa shape index (κ2) is 8.66. The van der Waals surface area contributed by atoms with Gasteiger partial charge in [0.2, 0.25) is 0 Å². The number of hydrogen-bond donors (Lipinski definition) is 1. The van der Waals surface area contributed by atoms with Gasteiger partial charge in [0.15, 0.2) is 6.61 Å². The average Bonchev–Trinajstić information content (AvgIpc) is 3.14. The van der Waals surface area contributed by atoms with Crippen molar-refractivity contribution >= 4 is 34.8 Å². The largest absolute Gasteiger partial charge is 0.484 e. The first-order valence-corrected chi connectivity index (χ1v) is 9.16. The zero-order valence-electron chi connectivity index (χ0n) is 14.1. The Kier molecular flexibility index (Phi) is 6.05. The minimum absolute atomic E-state index is 0.0553. The van der Waals surface area contributed by atoms with Crippen molar-refractivity contribution in [3.8, 4) is 16.3 Å². The molecule has 6 nitrogen and oxygen atoms in total. The molecule has 0 bridgehead atoms. The van der Waals surface area contributed by atoms with E-state index in [0.717, 1.165) is 10.6 Å². The number of esters is 1. The van der Waals surface area contributed by atoms with E-state index in [4.69, 9.17) is 26.8 Å². The second-order valence-electron chi connectivity index (χ2n) is 5.48. The van der Waals surface area contributed by atoms with E-state index in [1.807, 2.05) is 23.6 Å². The summed E-state index contributed by atoms with van der Waals surface area (Å²) in [5.74, 6) is -0.615. The summed E-state index contributed by atoms with van der Waals surface area (Å²) in [6.45, 7) is -0.166. The van der Waals surface area contributed by atoms with Gasteiger partial charge in [0.05, 0.1) is 16.3 Å². The van der Waals surface area contributed by atoms with Crippen LogP contribution in [0.25, 0.3) is 10.6 Å². The number of hydrogen-bond acceptors (Lipinski definition) is 6. The topological polar surface area (TPSA) is 91.5 Å². The van der Waals surface area contributed by atoms with Gasteiger partial charge in [-0.3, -0.25) is 4.79 Å². The van der Waals surface area contributed by atoms with Crippen molar-refractivity contribution in [2.24, 2.45) is 5.73 Å². The lowest BCUT2D eigenvalue weighted by atomic mass is 10.2. The van der Waals surface area contributed by atoms with Crippen molar-refractivity contribution in [3.05, 3.63) is 70.2 Å². The van der Waals surface area contributed by atoms with Crippen LogP contribution < -0.4 is 10.5 Å². The summed E-state index contributed by atoms with van der Waals surface area (Å²) in [5, 5.41) is 3.21. The Balaban J connectivity index is 1.58. The van der Waals surface area contributed by atoms with E-state index >= 15 is 0 Å². The first-order valence-electron chi connectivity index (χ1n) is 7.90. The molecule has 27 heavy (non-hydrogen) atoms. The molecule has 2 N–H and O–H groups in total. The van der Waals surface area contributed by atoms with E-state index in [1.165, 1.54) is 11.3 Å². The molecule has 0 aliphatic heterocycles. The van der Waals surface area contributed by atoms with E-state index < -0.39 is 11.9 Å². The number of nitrogens with zero attached hydrogens (tertiary/aromatic N) is 1. The third-order valence-electron chi connectivity index (χ3n) is 3.48. The standard InChI is InChI=1S/C19H15ClN2O4S/c20-16-4-2-1-3-15(16)18-22-13(11-27-18)9-26-19(24)12-5-7-14(8-6-12)25-10-17(21)23/h1-8,11H,9-10H2,(H2,21,23). The smallest absolute Gasteiger partial charge is 0.338 e. The van der Waals surface area contributed by atoms with Gasteiger partial charge in [0.1, 0.15) is 17.4 Å². The molecule has 2 aromatic carbocycles. The molecule has 0 atom stereocenters. The maximum Gasteiger partial charge on any atom is 0.338 e. The summed E-state index contributed by atoms with van der Waals surface area (Å²) in [6, 6.07) is 13.7. The van der Waals surface area contributed by atoms with Crippen LogP contribution in [0.3, 0.4) is 0 Å². The molecular formula is C19H15ClN2O4S. The summed E-state index contributed by atoms with van der Waals surface area (Å²) < 4.78 is 10.4. The lowest BCUT2D eigenvalue weighted by Crippen LogP contribution is -2.20. The summed E-state index contributed by atoms with van der Waals surface area (Å²) in [7, 11) is 0. The van der Waals surface area contributed by atoms with Crippen molar-refractivity contribution in [2.75, 3.05) is 6.61 Å². The van der Waals surface area contributed by atoms with E-state index in [1.54, 1.807) is 30.3 Å². The average molecular weight is 403 g/mol. The number of aromatic nitrogens is 1. The maximum absolute atomic E-state index is 12.1. The van der Waals surface area contributed by atoms with Gasteiger partial charge in [-0.2, -0.15) is 0 Å². The zero-order chi connectivity index (χ0) is 19.2. The first-order chi connectivity index (χ1) is 13.0. The van der Waals surface area contributed by atoms with Gasteiger partial charge < -0.3 is 15.2 Å². The first kappa shape index (κ1) is 18.9. The minimum atomic E-state index is -0.571. The van der Waals surface area contributed by atoms with Gasteiger partial charge in [0, 0.05) is 10.9 Å². The molecule has 0 unspecified atom stereocenters. The Morgan fingerprint density at radius 3 is 2.56 bits per heavy atom. The quantitative estimate of drug-likeness (QED) is 0.608. The lowest BCUT2D eigenvalue weighted by Gasteiger charge is -2.06. The van der Waals surface area contributed by atoms with Crippen LogP contribution in [-0.2, 0) is 16.1 Å². The van der Waals surface area contributed by atoms with E-state index in [9.17, 15) is 9.59 Å². The highest BCUT2D eigenvalue weighted by atomic mass is 35.5. The molecule has 8 heteroatoms. The number of benzene rings is 2. The van der Waals surface area contributed by atoms with E-state index in [2.05, 4.69) is 4.98 Å². The molecule has 1 aromatic heterocycles. The van der Waals surface area contributed by atoms with Crippen LogP contribution in [0.1, 0.15) is 16.1 Å². The van der Waals surface area contributed by atoms with Gasteiger partial charge in [-0.25, -0.2) is 9.78 Å². The van der Waals surface area contributed by atoms with Crippen molar-refractivity contribution in [3.63, 3.8) is 0 Å². The van der Waals surface area contributed by atoms with Gasteiger partial charge >= 0.3 is 5.97 Å². The molecule has 0 fully saturated rings. The highest BCUT2D eigenvalue weighted by Gasteiger charge is 2.11. The van der Waals surface area contributed by atoms with Crippen LogP contribution in [-0.4, -0.2) is 23.5 Å². The molecular weight excluding hydrogens is 388 g/mol. The molecule has 0 aliphatic rings. The number of thiazole rings is 1. The highest BCUT2D eigenvalue weighted by molar-refractivity contribution is 7.13. The third kappa shape index (κ3) is 5.06. The monoisotopic (exact) mass is 402 g/mol. The summed E-state index contributed by atoms with van der Waals surface area (Å²) in [4.78, 5) is 27.3. The fourth-order valence-electron chi connectivity index (χ4n) is 2.20. The molecule has 0 spiro atoms. The van der Waals surface area contributed by atoms with Gasteiger partial charge in [-0.1, -0.05) is 29.8 Å². The number of halogens is 1. The molecule has 138 valence electrons. The van der Waals surface area contributed by atoms with Crippen LogP contribution in [0.5, 0.6) is 5.75 Å². The number of carbonyl (C=O) groups is 2. The maximum atomic E-state index is 12.1. The summed E-state index contributed by atoms with van der Waals surface area (Å²) in [5.41, 5.74) is 6.86. The normalized spacial score (nSPS) is 10.4. The molecule has 3 aromatic rings. The Bertz CT molecular complexity index is 956. The zero-order valence-corrected chi connectivity index (χ0v) is 15.6. The molecule has 0 radical (unpaired) electrons. The van der Waals surface area contributed by atoms with E-state index in [-0.39, 0.29) is 13.2 Å². The Labute approximate surface area is 164 Å². The Morgan fingerprint density at radius 1 is 1.11 bits per heavy atom. The molecule has 0 saturated heterocycles. The van der Waals surface area contributed by atoms with Crippen molar-refractivity contribution < 1.29 is 19.1 Å². The molecule has 0 aliphatic carbocycles. The predicted octanol–water partition coefficient (Wildman–Crippen LogP) is 3.68. The molecule has 1 amide bonds. The Hall–Kier alpha value is -2.90. The fourth-order valence-corrected chi connectivity index (χ4v) is 3.32. The van der Waals surface area contributed by atoms with Crippen molar-refractivity contribution in [1.82, 2.24) is 4.98 Å². The van der Waals surface area contributed by atoms with Gasteiger partial charge in [0.25, 0.3) is 5.91 Å².